The molecule has 0 bridgehead atoms. The van der Waals surface area contributed by atoms with Crippen molar-refractivity contribution in [1.82, 2.24) is 4.98 Å². The number of aromatic nitrogens is 1. The van der Waals surface area contributed by atoms with Crippen LogP contribution in [0.1, 0.15) is 28.9 Å². The molecular weight excluding hydrogens is 154 g/mol. The summed E-state index contributed by atoms with van der Waals surface area (Å²) >= 11 is 0. The summed E-state index contributed by atoms with van der Waals surface area (Å²) in [6.07, 6.45) is 1.70. The monoisotopic (exact) mass is 163 g/mol. The molecule has 2 rings (SSSR count). The zero-order valence-corrected chi connectivity index (χ0v) is 6.78. The van der Waals surface area contributed by atoms with Crippen molar-refractivity contribution in [2.75, 3.05) is 6.61 Å². The minimum absolute atomic E-state index is 0.221. The molecule has 62 valence electrons. The third-order valence-electron chi connectivity index (χ3n) is 1.99. The smallest absolute Gasteiger partial charge is 0.340 e. The van der Waals surface area contributed by atoms with Gasteiger partial charge in [0.2, 0.25) is 0 Å². The molecule has 0 saturated heterocycles. The summed E-state index contributed by atoms with van der Waals surface area (Å²) in [5, 5.41) is 0. The molecule has 1 aromatic heterocycles. The maximum atomic E-state index is 11.2. The van der Waals surface area contributed by atoms with Gasteiger partial charge < -0.3 is 4.74 Å². The van der Waals surface area contributed by atoms with Gasteiger partial charge in [0.05, 0.1) is 17.9 Å². The number of rotatable bonds is 0. The van der Waals surface area contributed by atoms with E-state index in [1.54, 1.807) is 18.3 Å². The van der Waals surface area contributed by atoms with Crippen molar-refractivity contribution in [1.29, 1.82) is 0 Å². The molecule has 0 fully saturated rings. The van der Waals surface area contributed by atoms with Gasteiger partial charge in [-0.2, -0.15) is 0 Å². The number of esters is 1. The van der Waals surface area contributed by atoms with Crippen LogP contribution in [0.5, 0.6) is 0 Å². The van der Waals surface area contributed by atoms with Gasteiger partial charge in [-0.05, 0) is 12.1 Å². The topological polar surface area (TPSA) is 39.2 Å². The Balaban J connectivity index is 2.55. The first-order valence-corrected chi connectivity index (χ1v) is 3.91. The van der Waals surface area contributed by atoms with Crippen LogP contribution < -0.4 is 0 Å². The second-order valence-corrected chi connectivity index (χ2v) is 2.94. The molecule has 2 heterocycles. The number of hydrogen-bond acceptors (Lipinski definition) is 3. The van der Waals surface area contributed by atoms with Crippen molar-refractivity contribution in [3.05, 3.63) is 29.6 Å². The number of cyclic esters (lactones) is 1. The van der Waals surface area contributed by atoms with Crippen LogP contribution in [0.2, 0.25) is 0 Å². The summed E-state index contributed by atoms with van der Waals surface area (Å²) in [7, 11) is 0. The molecule has 1 aromatic rings. The van der Waals surface area contributed by atoms with Crippen LogP contribution in [0.4, 0.5) is 0 Å². The van der Waals surface area contributed by atoms with Crippen LogP contribution in [-0.4, -0.2) is 17.6 Å². The fourth-order valence-electron chi connectivity index (χ4n) is 1.34. The predicted octanol–water partition coefficient (Wildman–Crippen LogP) is 1.36. The lowest BCUT2D eigenvalue weighted by molar-refractivity contribution is 0.0444. The van der Waals surface area contributed by atoms with Crippen LogP contribution in [0, 0.1) is 0 Å². The number of ether oxygens (including phenoxy) is 1. The van der Waals surface area contributed by atoms with Gasteiger partial charge in [-0.25, -0.2) is 4.79 Å². The fraction of sp³-hybridized carbons (Fsp3) is 0.333. The summed E-state index contributed by atoms with van der Waals surface area (Å²) in [6.45, 7) is 2.45. The van der Waals surface area contributed by atoms with E-state index in [1.807, 2.05) is 6.92 Å². The highest BCUT2D eigenvalue weighted by Gasteiger charge is 2.24. The highest BCUT2D eigenvalue weighted by atomic mass is 16.5. The molecule has 0 spiro atoms. The maximum Gasteiger partial charge on any atom is 0.340 e. The number of fused-ring (bicyclic) bond motifs is 1. The van der Waals surface area contributed by atoms with E-state index < -0.39 is 0 Å². The lowest BCUT2D eigenvalue weighted by Gasteiger charge is -2.19. The fourth-order valence-corrected chi connectivity index (χ4v) is 1.34. The van der Waals surface area contributed by atoms with Gasteiger partial charge >= 0.3 is 5.97 Å². The first-order valence-electron chi connectivity index (χ1n) is 3.91. The van der Waals surface area contributed by atoms with Crippen molar-refractivity contribution in [2.45, 2.75) is 12.8 Å². The Bertz CT molecular complexity index is 322. The third kappa shape index (κ3) is 0.978. The number of pyridine rings is 1. The molecule has 1 aliphatic heterocycles. The summed E-state index contributed by atoms with van der Waals surface area (Å²) < 4.78 is 4.94. The zero-order chi connectivity index (χ0) is 8.55. The van der Waals surface area contributed by atoms with E-state index >= 15 is 0 Å². The summed E-state index contributed by atoms with van der Waals surface area (Å²) in [4.78, 5) is 15.3. The summed E-state index contributed by atoms with van der Waals surface area (Å²) in [5.74, 6) is -0.0323. The van der Waals surface area contributed by atoms with E-state index in [-0.39, 0.29) is 11.9 Å². The highest BCUT2D eigenvalue weighted by Crippen LogP contribution is 2.23. The van der Waals surface area contributed by atoms with Crippen LogP contribution in [0.25, 0.3) is 0 Å². The zero-order valence-electron chi connectivity index (χ0n) is 6.78. The average molecular weight is 163 g/mol. The van der Waals surface area contributed by atoms with E-state index in [2.05, 4.69) is 4.98 Å². The molecule has 1 atom stereocenters. The summed E-state index contributed by atoms with van der Waals surface area (Å²) in [6, 6.07) is 3.50. The Morgan fingerprint density at radius 2 is 2.50 bits per heavy atom. The largest absolute Gasteiger partial charge is 0.461 e. The van der Waals surface area contributed by atoms with E-state index in [9.17, 15) is 4.79 Å². The van der Waals surface area contributed by atoms with Crippen LogP contribution in [0.15, 0.2) is 18.3 Å². The number of carbonyl (C=O) groups excluding carboxylic acids is 1. The van der Waals surface area contributed by atoms with Gasteiger partial charge in [-0.3, -0.25) is 4.98 Å². The van der Waals surface area contributed by atoms with Gasteiger partial charge in [-0.15, -0.1) is 0 Å². The first-order chi connectivity index (χ1) is 5.79. The maximum absolute atomic E-state index is 11.2. The molecule has 3 heteroatoms. The second kappa shape index (κ2) is 2.59. The molecule has 3 nitrogen and oxygen atoms in total. The van der Waals surface area contributed by atoms with Crippen LogP contribution in [0.3, 0.4) is 0 Å². The first kappa shape index (κ1) is 7.28. The van der Waals surface area contributed by atoms with Crippen molar-refractivity contribution < 1.29 is 9.53 Å². The Kier molecular flexibility index (Phi) is 1.57. The standard InChI is InChI=1S/C9H9NO2/c1-6-5-12-9(11)7-3-2-4-10-8(6)7/h2-4,6H,5H2,1H3/t6-/m0/s1. The van der Waals surface area contributed by atoms with Gasteiger partial charge in [0.15, 0.2) is 0 Å². The van der Waals surface area contributed by atoms with Crippen molar-refractivity contribution in [3.8, 4) is 0 Å². The van der Waals surface area contributed by atoms with E-state index in [0.717, 1.165) is 5.69 Å². The SMILES string of the molecule is C[C@H]1COC(=O)c2cccnc21. The molecule has 0 N–H and O–H groups in total. The molecule has 0 aliphatic carbocycles. The molecular formula is C9H9NO2. The molecule has 0 saturated carbocycles. The van der Waals surface area contributed by atoms with Crippen LogP contribution >= 0.6 is 0 Å². The van der Waals surface area contributed by atoms with Crippen molar-refractivity contribution >= 4 is 5.97 Å². The van der Waals surface area contributed by atoms with E-state index in [4.69, 9.17) is 4.74 Å². The van der Waals surface area contributed by atoms with Gasteiger partial charge in [0.1, 0.15) is 0 Å². The van der Waals surface area contributed by atoms with Crippen molar-refractivity contribution in [3.63, 3.8) is 0 Å². The van der Waals surface area contributed by atoms with Gasteiger partial charge in [-0.1, -0.05) is 6.92 Å². The quantitative estimate of drug-likeness (QED) is 0.542. The molecule has 0 aromatic carbocycles. The lowest BCUT2D eigenvalue weighted by atomic mass is 10.0. The highest BCUT2D eigenvalue weighted by molar-refractivity contribution is 5.91. The Labute approximate surface area is 70.4 Å². The van der Waals surface area contributed by atoms with Crippen LogP contribution in [-0.2, 0) is 4.74 Å². The Morgan fingerprint density at radius 1 is 1.67 bits per heavy atom. The van der Waals surface area contributed by atoms with E-state index in [0.29, 0.717) is 12.2 Å². The predicted molar refractivity (Wildman–Crippen MR) is 42.9 cm³/mol. The summed E-state index contributed by atoms with van der Waals surface area (Å²) in [5.41, 5.74) is 1.46. The third-order valence-corrected chi connectivity index (χ3v) is 1.99. The second-order valence-electron chi connectivity index (χ2n) is 2.94. The molecule has 12 heavy (non-hydrogen) atoms. The molecule has 0 radical (unpaired) electrons. The Morgan fingerprint density at radius 3 is 3.25 bits per heavy atom. The van der Waals surface area contributed by atoms with Gasteiger partial charge in [0.25, 0.3) is 0 Å². The number of hydrogen-bond donors (Lipinski definition) is 0. The molecule has 0 unspecified atom stereocenters. The minimum Gasteiger partial charge on any atom is -0.461 e. The number of nitrogens with zero attached hydrogens (tertiary/aromatic N) is 1. The molecule has 1 aliphatic rings. The van der Waals surface area contributed by atoms with Crippen molar-refractivity contribution in [2.24, 2.45) is 0 Å². The lowest BCUT2D eigenvalue weighted by Crippen LogP contribution is -2.21. The average Bonchev–Trinajstić information content (AvgIpc) is 2.12. The number of carbonyl (C=O) groups is 1. The molecule has 0 amide bonds. The van der Waals surface area contributed by atoms with Gasteiger partial charge in [0, 0.05) is 12.1 Å². The Hall–Kier alpha value is -1.38. The normalized spacial score (nSPS) is 21.4. The van der Waals surface area contributed by atoms with E-state index in [1.165, 1.54) is 0 Å². The minimum atomic E-state index is -0.254.